The van der Waals surface area contributed by atoms with Gasteiger partial charge in [0.25, 0.3) is 0 Å². The van der Waals surface area contributed by atoms with Crippen molar-refractivity contribution in [3.05, 3.63) is 96.6 Å². The van der Waals surface area contributed by atoms with Gasteiger partial charge in [-0.2, -0.15) is 5.10 Å². The summed E-state index contributed by atoms with van der Waals surface area (Å²) in [5, 5.41) is 5.57. The molecule has 158 valence electrons. The van der Waals surface area contributed by atoms with Crippen molar-refractivity contribution in [2.24, 2.45) is 7.05 Å². The van der Waals surface area contributed by atoms with Crippen molar-refractivity contribution in [3.8, 4) is 28.1 Å². The highest BCUT2D eigenvalue weighted by molar-refractivity contribution is 5.80. The van der Waals surface area contributed by atoms with Gasteiger partial charge in [0.2, 0.25) is 0 Å². The average molecular weight is 424 g/mol. The van der Waals surface area contributed by atoms with Crippen LogP contribution in [-0.2, 0) is 20.3 Å². The zero-order valence-electron chi connectivity index (χ0n) is 17.6. The molecule has 6 heteroatoms. The topological polar surface area (TPSA) is 52.8 Å². The smallest absolute Gasteiger partial charge is 0.130 e. The van der Waals surface area contributed by atoms with Gasteiger partial charge in [-0.3, -0.25) is 9.67 Å². The van der Waals surface area contributed by atoms with Gasteiger partial charge in [0.15, 0.2) is 0 Å². The van der Waals surface area contributed by atoms with Gasteiger partial charge < -0.3 is 4.74 Å². The Morgan fingerprint density at radius 2 is 1.72 bits per heavy atom. The number of hydrogen-bond acceptors (Lipinski definition) is 4. The molecular formula is C26H21FN4O. The summed E-state index contributed by atoms with van der Waals surface area (Å²) in [5.41, 5.74) is 6.36. The molecule has 0 saturated heterocycles. The van der Waals surface area contributed by atoms with E-state index in [4.69, 9.17) is 4.74 Å². The molecule has 0 N–H and O–H groups in total. The van der Waals surface area contributed by atoms with Crippen LogP contribution in [0.15, 0.2) is 85.3 Å². The fourth-order valence-corrected chi connectivity index (χ4v) is 3.69. The third kappa shape index (κ3) is 4.07. The first-order chi connectivity index (χ1) is 15.7. The Morgan fingerprint density at radius 1 is 0.906 bits per heavy atom. The van der Waals surface area contributed by atoms with Crippen LogP contribution in [0, 0.1) is 0 Å². The Hall–Kier alpha value is -4.06. The van der Waals surface area contributed by atoms with Crippen molar-refractivity contribution >= 4 is 10.9 Å². The molecule has 0 unspecified atom stereocenters. The molecule has 0 amide bonds. The van der Waals surface area contributed by atoms with E-state index < -0.39 is 6.67 Å². The standard InChI is InChI=1S/C26H21FN4O/c1-31-16-24(19-10-12-28-13-11-19)26(30-31)20-4-7-23(8-5-20)32-17-22-6-3-21-14-18(15-27)2-9-25(21)29-22/h2-14,16H,15,17H2,1H3. The summed E-state index contributed by atoms with van der Waals surface area (Å²) in [4.78, 5) is 8.71. The number of benzene rings is 2. The fraction of sp³-hybridized carbons (Fsp3) is 0.115. The van der Waals surface area contributed by atoms with Crippen LogP contribution < -0.4 is 4.74 Å². The molecule has 0 spiro atoms. The van der Waals surface area contributed by atoms with Crippen molar-refractivity contribution in [3.63, 3.8) is 0 Å². The van der Waals surface area contributed by atoms with Crippen LogP contribution in [0.2, 0.25) is 0 Å². The molecule has 0 radical (unpaired) electrons. The summed E-state index contributed by atoms with van der Waals surface area (Å²) in [6.45, 7) is -0.120. The molecule has 5 aromatic rings. The van der Waals surface area contributed by atoms with Crippen LogP contribution in [-0.4, -0.2) is 19.7 Å². The molecule has 5 rings (SSSR count). The van der Waals surface area contributed by atoms with Crippen molar-refractivity contribution in [2.45, 2.75) is 13.3 Å². The number of pyridine rings is 2. The van der Waals surface area contributed by atoms with Gasteiger partial charge in [0.05, 0.1) is 11.2 Å². The van der Waals surface area contributed by atoms with Crippen LogP contribution in [0.1, 0.15) is 11.3 Å². The third-order valence-electron chi connectivity index (χ3n) is 5.30. The number of halogens is 1. The molecule has 5 nitrogen and oxygen atoms in total. The first kappa shape index (κ1) is 19.9. The van der Waals surface area contributed by atoms with E-state index in [1.54, 1.807) is 18.5 Å². The van der Waals surface area contributed by atoms with Gasteiger partial charge in [0, 0.05) is 42.2 Å². The van der Waals surface area contributed by atoms with Gasteiger partial charge in [-0.1, -0.05) is 12.1 Å². The van der Waals surface area contributed by atoms with E-state index in [2.05, 4.69) is 15.1 Å². The van der Waals surface area contributed by atoms with Crippen LogP contribution in [0.3, 0.4) is 0 Å². The summed E-state index contributed by atoms with van der Waals surface area (Å²) < 4.78 is 20.6. The molecule has 0 aliphatic carbocycles. The minimum atomic E-state index is -0.473. The van der Waals surface area contributed by atoms with E-state index in [9.17, 15) is 4.39 Å². The SMILES string of the molecule is Cn1cc(-c2ccncc2)c(-c2ccc(OCc3ccc4cc(CF)ccc4n3)cc2)n1. The predicted octanol–water partition coefficient (Wildman–Crippen LogP) is 5.75. The second kappa shape index (κ2) is 8.59. The lowest BCUT2D eigenvalue weighted by Crippen LogP contribution is -1.98. The number of aromatic nitrogens is 4. The monoisotopic (exact) mass is 424 g/mol. The number of ether oxygens (including phenoxy) is 1. The Morgan fingerprint density at radius 3 is 2.50 bits per heavy atom. The number of rotatable bonds is 6. The zero-order valence-corrected chi connectivity index (χ0v) is 17.6. The van der Waals surface area contributed by atoms with Gasteiger partial charge >= 0.3 is 0 Å². The summed E-state index contributed by atoms with van der Waals surface area (Å²) in [6.07, 6.45) is 5.57. The summed E-state index contributed by atoms with van der Waals surface area (Å²) in [5.74, 6) is 0.754. The Balaban J connectivity index is 1.32. The lowest BCUT2D eigenvalue weighted by molar-refractivity contribution is 0.302. The largest absolute Gasteiger partial charge is 0.487 e. The first-order valence-electron chi connectivity index (χ1n) is 10.3. The predicted molar refractivity (Wildman–Crippen MR) is 123 cm³/mol. The minimum Gasteiger partial charge on any atom is -0.487 e. The van der Waals surface area contributed by atoms with E-state index in [1.165, 1.54) is 0 Å². The van der Waals surface area contributed by atoms with Gasteiger partial charge in [-0.15, -0.1) is 0 Å². The Kier molecular flexibility index (Phi) is 5.34. The molecule has 0 saturated carbocycles. The maximum absolute atomic E-state index is 12.8. The van der Waals surface area contributed by atoms with E-state index in [1.807, 2.05) is 78.6 Å². The van der Waals surface area contributed by atoms with E-state index in [0.717, 1.165) is 44.7 Å². The van der Waals surface area contributed by atoms with Gasteiger partial charge in [-0.25, -0.2) is 9.37 Å². The number of aryl methyl sites for hydroxylation is 1. The lowest BCUT2D eigenvalue weighted by Gasteiger charge is -2.08. The lowest BCUT2D eigenvalue weighted by atomic mass is 10.0. The molecule has 2 aromatic carbocycles. The average Bonchev–Trinajstić information content (AvgIpc) is 3.24. The molecule has 0 aliphatic rings. The molecule has 3 aromatic heterocycles. The molecule has 0 atom stereocenters. The molecule has 0 bridgehead atoms. The van der Waals surface area contributed by atoms with Crippen LogP contribution >= 0.6 is 0 Å². The molecular weight excluding hydrogens is 403 g/mol. The highest BCUT2D eigenvalue weighted by Gasteiger charge is 2.12. The molecule has 0 aliphatic heterocycles. The molecule has 0 fully saturated rings. The molecule has 3 heterocycles. The second-order valence-electron chi connectivity index (χ2n) is 7.58. The normalized spacial score (nSPS) is 11.1. The molecule has 32 heavy (non-hydrogen) atoms. The minimum absolute atomic E-state index is 0.353. The highest BCUT2D eigenvalue weighted by atomic mass is 19.1. The maximum atomic E-state index is 12.8. The third-order valence-corrected chi connectivity index (χ3v) is 5.30. The van der Waals surface area contributed by atoms with Gasteiger partial charge in [0.1, 0.15) is 24.7 Å². The zero-order chi connectivity index (χ0) is 21.9. The summed E-state index contributed by atoms with van der Waals surface area (Å²) in [7, 11) is 1.92. The van der Waals surface area contributed by atoms with Gasteiger partial charge in [-0.05, 0) is 65.7 Å². The van der Waals surface area contributed by atoms with E-state index in [0.29, 0.717) is 12.2 Å². The van der Waals surface area contributed by atoms with Crippen molar-refractivity contribution in [1.82, 2.24) is 19.7 Å². The number of alkyl halides is 1. The van der Waals surface area contributed by atoms with E-state index in [-0.39, 0.29) is 0 Å². The van der Waals surface area contributed by atoms with E-state index >= 15 is 0 Å². The number of nitrogens with zero attached hydrogens (tertiary/aromatic N) is 4. The Bertz CT molecular complexity index is 1360. The van der Waals surface area contributed by atoms with Crippen LogP contribution in [0.4, 0.5) is 4.39 Å². The fourth-order valence-electron chi connectivity index (χ4n) is 3.69. The van der Waals surface area contributed by atoms with Crippen molar-refractivity contribution in [1.29, 1.82) is 0 Å². The van der Waals surface area contributed by atoms with Crippen LogP contribution in [0.25, 0.3) is 33.3 Å². The first-order valence-corrected chi connectivity index (χ1v) is 10.3. The highest BCUT2D eigenvalue weighted by Crippen LogP contribution is 2.31. The number of hydrogen-bond donors (Lipinski definition) is 0. The number of fused-ring (bicyclic) bond motifs is 1. The maximum Gasteiger partial charge on any atom is 0.130 e. The summed E-state index contributed by atoms with van der Waals surface area (Å²) in [6, 6.07) is 21.1. The van der Waals surface area contributed by atoms with Crippen LogP contribution in [0.5, 0.6) is 5.75 Å². The Labute approximate surface area is 185 Å². The summed E-state index contributed by atoms with van der Waals surface area (Å²) >= 11 is 0. The van der Waals surface area contributed by atoms with Crippen molar-refractivity contribution < 1.29 is 9.13 Å². The second-order valence-corrected chi connectivity index (χ2v) is 7.58. The van der Waals surface area contributed by atoms with Crippen molar-refractivity contribution in [2.75, 3.05) is 0 Å². The quantitative estimate of drug-likeness (QED) is 0.348.